The first-order valence-electron chi connectivity index (χ1n) is 14.5. The molecule has 0 radical (unpaired) electrons. The molecule has 2 fully saturated rings. The minimum Gasteiger partial charge on any atom is -0.491 e. The van der Waals surface area contributed by atoms with Gasteiger partial charge in [-0.15, -0.1) is 0 Å². The first-order chi connectivity index (χ1) is 20.0. The molecule has 0 spiro atoms. The lowest BCUT2D eigenvalue weighted by atomic mass is 9.91. The molecule has 0 unspecified atom stereocenters. The Balaban J connectivity index is 1.17. The van der Waals surface area contributed by atoms with Crippen LogP contribution in [0.1, 0.15) is 59.4 Å². The van der Waals surface area contributed by atoms with Crippen LogP contribution in [0.5, 0.6) is 11.5 Å². The molecular formula is C33H35FO7S. The lowest BCUT2D eigenvalue weighted by Crippen LogP contribution is -2.43. The number of sulfone groups is 1. The number of hydrogen-bond acceptors (Lipinski definition) is 6. The van der Waals surface area contributed by atoms with Crippen molar-refractivity contribution in [2.75, 3.05) is 18.1 Å². The van der Waals surface area contributed by atoms with Gasteiger partial charge in [0.1, 0.15) is 36.1 Å². The van der Waals surface area contributed by atoms with Crippen LogP contribution in [-0.2, 0) is 34.1 Å². The number of carboxylic acid groups (broad SMARTS) is 1. The Morgan fingerprint density at radius 1 is 1.00 bits per heavy atom. The zero-order chi connectivity index (χ0) is 29.6. The smallest absolute Gasteiger partial charge is 0.307 e. The molecule has 6 rings (SSSR count). The van der Waals surface area contributed by atoms with Crippen LogP contribution in [0.25, 0.3) is 11.1 Å². The van der Waals surface area contributed by atoms with Crippen molar-refractivity contribution in [3.8, 4) is 22.6 Å². The van der Waals surface area contributed by atoms with E-state index in [-0.39, 0.29) is 43.5 Å². The summed E-state index contributed by atoms with van der Waals surface area (Å²) in [4.78, 5) is 11.2. The van der Waals surface area contributed by atoms with Crippen molar-refractivity contribution < 1.29 is 37.3 Å². The zero-order valence-electron chi connectivity index (χ0n) is 23.6. The largest absolute Gasteiger partial charge is 0.491 e. The van der Waals surface area contributed by atoms with Gasteiger partial charge in [0.05, 0.1) is 17.4 Å². The molecule has 0 amide bonds. The highest BCUT2D eigenvalue weighted by molar-refractivity contribution is 7.91. The first-order valence-corrected chi connectivity index (χ1v) is 16.3. The average molecular weight is 595 g/mol. The second kappa shape index (κ2) is 11.0. The molecule has 3 aromatic carbocycles. The number of halogens is 1. The fraction of sp³-hybridized carbons (Fsp3) is 0.424. The fourth-order valence-electron chi connectivity index (χ4n) is 6.28. The predicted molar refractivity (Wildman–Crippen MR) is 156 cm³/mol. The van der Waals surface area contributed by atoms with Crippen molar-refractivity contribution in [3.05, 3.63) is 82.2 Å². The monoisotopic (exact) mass is 594 g/mol. The summed E-state index contributed by atoms with van der Waals surface area (Å²) in [5, 5.41) is 20.0. The van der Waals surface area contributed by atoms with Crippen LogP contribution < -0.4 is 9.47 Å². The Morgan fingerprint density at radius 2 is 1.76 bits per heavy atom. The van der Waals surface area contributed by atoms with E-state index in [1.165, 1.54) is 11.6 Å². The highest BCUT2D eigenvalue weighted by atomic mass is 32.2. The molecule has 2 aliphatic carbocycles. The van der Waals surface area contributed by atoms with E-state index >= 15 is 0 Å². The molecule has 7 nitrogen and oxygen atoms in total. The van der Waals surface area contributed by atoms with Crippen molar-refractivity contribution >= 4 is 15.8 Å². The molecule has 9 heteroatoms. The third-order valence-electron chi connectivity index (χ3n) is 8.88. The van der Waals surface area contributed by atoms with Gasteiger partial charge in [0, 0.05) is 12.0 Å². The van der Waals surface area contributed by atoms with Crippen molar-refractivity contribution in [1.29, 1.82) is 0 Å². The molecule has 2 N–H and O–H groups in total. The number of aryl methyl sites for hydroxylation is 3. The number of carbonyl (C=O) groups is 1. The Kier molecular flexibility index (Phi) is 7.51. The maximum Gasteiger partial charge on any atom is 0.307 e. The summed E-state index contributed by atoms with van der Waals surface area (Å²) >= 11 is 0. The van der Waals surface area contributed by atoms with Crippen molar-refractivity contribution in [2.45, 2.75) is 63.6 Å². The van der Waals surface area contributed by atoms with E-state index in [0.29, 0.717) is 23.5 Å². The van der Waals surface area contributed by atoms with Gasteiger partial charge in [-0.3, -0.25) is 4.79 Å². The number of benzene rings is 3. The maximum absolute atomic E-state index is 14.7. The summed E-state index contributed by atoms with van der Waals surface area (Å²) < 4.78 is 50.2. The summed E-state index contributed by atoms with van der Waals surface area (Å²) in [6.07, 6.45) is 3.62. The second-order valence-corrected chi connectivity index (χ2v) is 14.3. The van der Waals surface area contributed by atoms with Crippen LogP contribution in [0.4, 0.5) is 4.39 Å². The maximum atomic E-state index is 14.7. The lowest BCUT2D eigenvalue weighted by molar-refractivity contribution is -0.138. The number of ether oxygens (including phenoxy) is 2. The topological polar surface area (TPSA) is 110 Å². The SMILES string of the molecule is Cc1cc(OCC2(O)CCS(=O)(=O)CC2)cc2c1-c1cc(COc3ccc([C@H]4C[C@@H]4C(=O)O)c(F)c3)ccc1CCC2. The number of rotatable bonds is 8. The molecule has 222 valence electrons. The average Bonchev–Trinajstić information content (AvgIpc) is 3.76. The van der Waals surface area contributed by atoms with Crippen molar-refractivity contribution in [1.82, 2.24) is 0 Å². The quantitative estimate of drug-likeness (QED) is 0.361. The van der Waals surface area contributed by atoms with Crippen LogP contribution >= 0.6 is 0 Å². The summed E-state index contributed by atoms with van der Waals surface area (Å²) in [7, 11) is -3.08. The van der Waals surface area contributed by atoms with Crippen molar-refractivity contribution in [2.24, 2.45) is 5.92 Å². The van der Waals surface area contributed by atoms with Crippen LogP contribution in [0.3, 0.4) is 0 Å². The Morgan fingerprint density at radius 3 is 2.48 bits per heavy atom. The van der Waals surface area contributed by atoms with Crippen LogP contribution in [-0.4, -0.2) is 48.3 Å². The molecule has 0 aromatic heterocycles. The molecule has 42 heavy (non-hydrogen) atoms. The fourth-order valence-corrected chi connectivity index (χ4v) is 7.87. The molecule has 1 saturated heterocycles. The highest BCUT2D eigenvalue weighted by Gasteiger charge is 2.45. The van der Waals surface area contributed by atoms with E-state index in [1.54, 1.807) is 12.1 Å². The molecule has 1 saturated carbocycles. The molecule has 3 aromatic rings. The molecular weight excluding hydrogens is 559 g/mol. The van der Waals surface area contributed by atoms with E-state index in [9.17, 15) is 22.7 Å². The number of carboxylic acids is 1. The normalized spacial score (nSPS) is 21.9. The first kappa shape index (κ1) is 28.7. The number of aliphatic hydroxyl groups is 1. The minimum atomic E-state index is -3.08. The third-order valence-corrected chi connectivity index (χ3v) is 10.5. The summed E-state index contributed by atoms with van der Waals surface area (Å²) in [6, 6.07) is 15.0. The van der Waals surface area contributed by atoms with E-state index in [0.717, 1.165) is 47.1 Å². The second-order valence-electron chi connectivity index (χ2n) is 12.0. The number of fused-ring (bicyclic) bond motifs is 3. The summed E-state index contributed by atoms with van der Waals surface area (Å²) in [6.45, 7) is 2.36. The van der Waals surface area contributed by atoms with Gasteiger partial charge < -0.3 is 19.7 Å². The molecule has 2 atom stereocenters. The van der Waals surface area contributed by atoms with E-state index < -0.39 is 33.1 Å². The van der Waals surface area contributed by atoms with Gasteiger partial charge in [0.2, 0.25) is 0 Å². The van der Waals surface area contributed by atoms with Crippen LogP contribution in [0.2, 0.25) is 0 Å². The van der Waals surface area contributed by atoms with Crippen molar-refractivity contribution in [3.63, 3.8) is 0 Å². The summed E-state index contributed by atoms with van der Waals surface area (Å²) in [5.74, 6) is -1.08. The van der Waals surface area contributed by atoms with Gasteiger partial charge in [-0.25, -0.2) is 12.8 Å². The molecule has 1 aliphatic heterocycles. The van der Waals surface area contributed by atoms with Crippen LogP contribution in [0, 0.1) is 18.7 Å². The predicted octanol–water partition coefficient (Wildman–Crippen LogP) is 5.38. The van der Waals surface area contributed by atoms with Crippen LogP contribution in [0.15, 0.2) is 48.5 Å². The number of aliphatic carboxylic acids is 1. The lowest BCUT2D eigenvalue weighted by Gasteiger charge is -2.31. The van der Waals surface area contributed by atoms with E-state index in [4.69, 9.17) is 14.6 Å². The molecule has 3 aliphatic rings. The van der Waals surface area contributed by atoms with Gasteiger partial charge in [0.15, 0.2) is 9.84 Å². The van der Waals surface area contributed by atoms with Gasteiger partial charge >= 0.3 is 5.97 Å². The Bertz CT molecular complexity index is 1630. The zero-order valence-corrected chi connectivity index (χ0v) is 24.4. The molecule has 1 heterocycles. The van der Waals surface area contributed by atoms with Gasteiger partial charge in [-0.2, -0.15) is 0 Å². The minimum absolute atomic E-state index is 0.0210. The van der Waals surface area contributed by atoms with Gasteiger partial charge in [-0.05, 0) is 109 Å². The Hall–Kier alpha value is -3.43. The standard InChI is InChI=1S/C33H35FO7S/c1-20-13-25(41-19-33(37)9-11-42(38,39)12-10-33)15-23-4-2-3-22-6-5-21(14-27(22)31(20)23)18-40-24-7-8-26(30(34)16-24)28-17-29(28)32(35)36/h5-8,13-16,28-29,37H,2-4,9-12,17-19H2,1H3,(H,35,36)/t28-,29+/m1/s1. The molecule has 0 bridgehead atoms. The third kappa shape index (κ3) is 6.03. The number of hydrogen-bond donors (Lipinski definition) is 2. The summed E-state index contributed by atoms with van der Waals surface area (Å²) in [5.41, 5.74) is 6.00. The van der Waals surface area contributed by atoms with E-state index in [1.807, 2.05) is 25.1 Å². The highest BCUT2D eigenvalue weighted by Crippen LogP contribution is 2.48. The van der Waals surface area contributed by atoms with Gasteiger partial charge in [0.25, 0.3) is 0 Å². The Labute approximate surface area is 245 Å². The van der Waals surface area contributed by atoms with E-state index in [2.05, 4.69) is 12.1 Å². The van der Waals surface area contributed by atoms with Gasteiger partial charge in [-0.1, -0.05) is 18.2 Å².